The fourth-order valence-electron chi connectivity index (χ4n) is 3.57. The molecule has 150 valence electrons. The van der Waals surface area contributed by atoms with E-state index in [1.54, 1.807) is 11.3 Å². The minimum atomic E-state index is -0.0994. The first-order valence-electron chi connectivity index (χ1n) is 10.1. The molecule has 1 amide bonds. The average molecular weight is 406 g/mol. The number of aromatic nitrogens is 1. The van der Waals surface area contributed by atoms with Gasteiger partial charge >= 0.3 is 0 Å². The van der Waals surface area contributed by atoms with Crippen LogP contribution >= 0.6 is 11.3 Å². The van der Waals surface area contributed by atoms with Crippen LogP contribution in [0.2, 0.25) is 0 Å². The van der Waals surface area contributed by atoms with Crippen LogP contribution in [0.5, 0.6) is 0 Å². The summed E-state index contributed by atoms with van der Waals surface area (Å²) in [6, 6.07) is 18.4. The molecule has 5 heteroatoms. The Labute approximate surface area is 176 Å². The SMILES string of the molecule is CC(C)(C)c1ccc(C(=O)Nc2nc3c(s2)CN(Cc2ccccc2)CC3)cc1. The molecule has 0 atom stereocenters. The fourth-order valence-corrected chi connectivity index (χ4v) is 4.61. The number of hydrogen-bond acceptors (Lipinski definition) is 4. The van der Waals surface area contributed by atoms with Gasteiger partial charge in [-0.1, -0.05) is 63.2 Å². The van der Waals surface area contributed by atoms with E-state index in [2.05, 4.69) is 60.2 Å². The zero-order chi connectivity index (χ0) is 20.4. The van der Waals surface area contributed by atoms with Crippen molar-refractivity contribution in [3.63, 3.8) is 0 Å². The first-order valence-corrected chi connectivity index (χ1v) is 10.9. The molecule has 0 fully saturated rings. The molecule has 0 unspecified atom stereocenters. The molecule has 0 saturated carbocycles. The predicted molar refractivity (Wildman–Crippen MR) is 119 cm³/mol. The van der Waals surface area contributed by atoms with Gasteiger partial charge in [0.05, 0.1) is 5.69 Å². The molecule has 3 aromatic rings. The van der Waals surface area contributed by atoms with E-state index >= 15 is 0 Å². The smallest absolute Gasteiger partial charge is 0.257 e. The zero-order valence-corrected chi connectivity index (χ0v) is 18.1. The average Bonchev–Trinajstić information content (AvgIpc) is 3.09. The monoisotopic (exact) mass is 405 g/mol. The highest BCUT2D eigenvalue weighted by Gasteiger charge is 2.22. The summed E-state index contributed by atoms with van der Waals surface area (Å²) in [5, 5.41) is 3.68. The van der Waals surface area contributed by atoms with Gasteiger partial charge in [0.1, 0.15) is 0 Å². The van der Waals surface area contributed by atoms with Crippen LogP contribution in [0, 0.1) is 0 Å². The lowest BCUT2D eigenvalue weighted by atomic mass is 9.87. The van der Waals surface area contributed by atoms with Gasteiger partial charge < -0.3 is 0 Å². The molecule has 4 rings (SSSR count). The summed E-state index contributed by atoms with van der Waals surface area (Å²) in [4.78, 5) is 21.0. The topological polar surface area (TPSA) is 45.2 Å². The van der Waals surface area contributed by atoms with Gasteiger partial charge in [0.25, 0.3) is 5.91 Å². The third-order valence-corrected chi connectivity index (χ3v) is 6.29. The number of thiazole rings is 1. The van der Waals surface area contributed by atoms with Crippen molar-refractivity contribution in [1.29, 1.82) is 0 Å². The molecule has 4 nitrogen and oxygen atoms in total. The fraction of sp³-hybridized carbons (Fsp3) is 0.333. The lowest BCUT2D eigenvalue weighted by Gasteiger charge is -2.25. The van der Waals surface area contributed by atoms with Crippen LogP contribution in [0.4, 0.5) is 5.13 Å². The van der Waals surface area contributed by atoms with Crippen molar-refractivity contribution < 1.29 is 4.79 Å². The first-order chi connectivity index (χ1) is 13.9. The Bertz CT molecular complexity index is 987. The Morgan fingerprint density at radius 1 is 1.10 bits per heavy atom. The normalized spacial score (nSPS) is 14.4. The highest BCUT2D eigenvalue weighted by Crippen LogP contribution is 2.29. The molecule has 2 aromatic carbocycles. The standard InChI is InChI=1S/C24H27N3OS/c1-24(2,3)19-11-9-18(10-12-19)22(28)26-23-25-20-13-14-27(16-21(20)29-23)15-17-7-5-4-6-8-17/h4-12H,13-16H2,1-3H3,(H,25,26,28). The second kappa shape index (κ2) is 8.09. The van der Waals surface area contributed by atoms with Crippen LogP contribution in [0.1, 0.15) is 52.8 Å². The van der Waals surface area contributed by atoms with Crippen molar-refractivity contribution in [3.05, 3.63) is 81.9 Å². The molecular weight excluding hydrogens is 378 g/mol. The third kappa shape index (κ3) is 4.74. The van der Waals surface area contributed by atoms with Crippen LogP contribution < -0.4 is 5.32 Å². The van der Waals surface area contributed by atoms with Crippen LogP contribution in [0.3, 0.4) is 0 Å². The molecule has 1 aliphatic rings. The summed E-state index contributed by atoms with van der Waals surface area (Å²) in [7, 11) is 0. The molecule has 0 aliphatic carbocycles. The molecule has 0 bridgehead atoms. The summed E-state index contributed by atoms with van der Waals surface area (Å²) >= 11 is 1.60. The van der Waals surface area contributed by atoms with Crippen LogP contribution in [-0.4, -0.2) is 22.3 Å². The largest absolute Gasteiger partial charge is 0.298 e. The lowest BCUT2D eigenvalue weighted by molar-refractivity contribution is 0.102. The van der Waals surface area contributed by atoms with Crippen molar-refractivity contribution in [2.45, 2.75) is 45.7 Å². The number of hydrogen-bond donors (Lipinski definition) is 1. The highest BCUT2D eigenvalue weighted by molar-refractivity contribution is 7.15. The summed E-state index contributed by atoms with van der Waals surface area (Å²) in [6.07, 6.45) is 0.925. The maximum absolute atomic E-state index is 12.6. The number of nitrogens with one attached hydrogen (secondary N) is 1. The number of carbonyl (C=O) groups excluding carboxylic acids is 1. The number of benzene rings is 2. The van der Waals surface area contributed by atoms with Crippen molar-refractivity contribution in [3.8, 4) is 0 Å². The van der Waals surface area contributed by atoms with E-state index in [4.69, 9.17) is 0 Å². The molecule has 1 N–H and O–H groups in total. The number of nitrogens with zero attached hydrogens (tertiary/aromatic N) is 2. The minimum absolute atomic E-state index is 0.0784. The van der Waals surface area contributed by atoms with E-state index in [0.29, 0.717) is 10.7 Å². The van der Waals surface area contributed by atoms with Gasteiger partial charge in [-0.05, 0) is 28.7 Å². The van der Waals surface area contributed by atoms with Gasteiger partial charge in [0.2, 0.25) is 0 Å². The number of carbonyl (C=O) groups is 1. The Hall–Kier alpha value is -2.50. The molecule has 29 heavy (non-hydrogen) atoms. The minimum Gasteiger partial charge on any atom is -0.298 e. The van der Waals surface area contributed by atoms with Crippen molar-refractivity contribution in [2.24, 2.45) is 0 Å². The van der Waals surface area contributed by atoms with E-state index in [0.717, 1.165) is 31.7 Å². The van der Waals surface area contributed by atoms with E-state index in [1.165, 1.54) is 16.0 Å². The van der Waals surface area contributed by atoms with E-state index in [9.17, 15) is 4.79 Å². The molecular formula is C24H27N3OS. The molecule has 0 radical (unpaired) electrons. The van der Waals surface area contributed by atoms with Gasteiger partial charge in [-0.3, -0.25) is 15.0 Å². The number of rotatable bonds is 4. The Kier molecular flexibility index (Phi) is 5.52. The van der Waals surface area contributed by atoms with Gasteiger partial charge in [-0.25, -0.2) is 4.98 Å². The van der Waals surface area contributed by atoms with Crippen LogP contribution in [0.15, 0.2) is 54.6 Å². The van der Waals surface area contributed by atoms with Crippen LogP contribution in [0.25, 0.3) is 0 Å². The first kappa shape index (κ1) is 19.8. The van der Waals surface area contributed by atoms with Crippen molar-refractivity contribution in [2.75, 3.05) is 11.9 Å². The summed E-state index contributed by atoms with van der Waals surface area (Å²) in [5.74, 6) is -0.0994. The van der Waals surface area contributed by atoms with Gasteiger partial charge in [-0.15, -0.1) is 11.3 Å². The predicted octanol–water partition coefficient (Wildman–Crippen LogP) is 5.25. The van der Waals surface area contributed by atoms with Crippen LogP contribution in [-0.2, 0) is 24.9 Å². The molecule has 0 spiro atoms. The molecule has 2 heterocycles. The van der Waals surface area contributed by atoms with E-state index in [-0.39, 0.29) is 11.3 Å². The quantitative estimate of drug-likeness (QED) is 0.645. The highest BCUT2D eigenvalue weighted by atomic mass is 32.1. The van der Waals surface area contributed by atoms with E-state index < -0.39 is 0 Å². The Morgan fingerprint density at radius 3 is 2.52 bits per heavy atom. The maximum atomic E-state index is 12.6. The number of fused-ring (bicyclic) bond motifs is 1. The summed E-state index contributed by atoms with van der Waals surface area (Å²) < 4.78 is 0. The van der Waals surface area contributed by atoms with Crippen molar-refractivity contribution >= 4 is 22.4 Å². The third-order valence-electron chi connectivity index (χ3n) is 5.29. The second-order valence-corrected chi connectivity index (χ2v) is 9.70. The van der Waals surface area contributed by atoms with E-state index in [1.807, 2.05) is 30.3 Å². The molecule has 1 aromatic heterocycles. The summed E-state index contributed by atoms with van der Waals surface area (Å²) in [6.45, 7) is 9.33. The summed E-state index contributed by atoms with van der Waals surface area (Å²) in [5.41, 5.74) is 4.41. The molecule has 0 saturated heterocycles. The van der Waals surface area contributed by atoms with Gasteiger partial charge in [-0.2, -0.15) is 0 Å². The second-order valence-electron chi connectivity index (χ2n) is 8.62. The molecule has 1 aliphatic heterocycles. The zero-order valence-electron chi connectivity index (χ0n) is 17.2. The van der Waals surface area contributed by atoms with Gasteiger partial charge in [0.15, 0.2) is 5.13 Å². The number of amides is 1. The lowest BCUT2D eigenvalue weighted by Crippen LogP contribution is -2.29. The Morgan fingerprint density at radius 2 is 1.83 bits per heavy atom. The number of anilines is 1. The Balaban J connectivity index is 1.41. The van der Waals surface area contributed by atoms with Gasteiger partial charge in [0, 0.05) is 36.5 Å². The maximum Gasteiger partial charge on any atom is 0.257 e. The van der Waals surface area contributed by atoms with Crippen molar-refractivity contribution in [1.82, 2.24) is 9.88 Å².